The van der Waals surface area contributed by atoms with Crippen molar-refractivity contribution in [2.75, 3.05) is 0 Å². The molecular weight excluding hydrogens is 264 g/mol. The predicted octanol–water partition coefficient (Wildman–Crippen LogP) is 6.01. The summed E-state index contributed by atoms with van der Waals surface area (Å²) in [6.45, 7) is 4.36. The monoisotopic (exact) mass is 286 g/mol. The summed E-state index contributed by atoms with van der Waals surface area (Å²) in [5, 5.41) is 0. The molecule has 0 heterocycles. The van der Waals surface area contributed by atoms with Crippen LogP contribution in [0.25, 0.3) is 0 Å². The predicted molar refractivity (Wildman–Crippen MR) is 88.5 cm³/mol. The van der Waals surface area contributed by atoms with Gasteiger partial charge in [0, 0.05) is 10.8 Å². The van der Waals surface area contributed by atoms with Gasteiger partial charge in [0.15, 0.2) is 0 Å². The molecule has 0 spiro atoms. The van der Waals surface area contributed by atoms with Gasteiger partial charge in [-0.2, -0.15) is 0 Å². The second-order valence-corrected chi connectivity index (χ2v) is 6.65. The van der Waals surface area contributed by atoms with Crippen LogP contribution in [0.2, 0.25) is 0 Å². The Balaban J connectivity index is 2.31. The van der Waals surface area contributed by atoms with Crippen LogP contribution in [0.4, 0.5) is 0 Å². The Morgan fingerprint density at radius 3 is 1.75 bits per heavy atom. The van der Waals surface area contributed by atoms with Crippen LogP contribution < -0.4 is 0 Å². The zero-order chi connectivity index (χ0) is 14.4. The van der Waals surface area contributed by atoms with Gasteiger partial charge in [-0.05, 0) is 30.9 Å². The standard InChI is InChI=1S/C19H23Cl/c1-3-14-19(2,20)15-18(16-10-6-4-7-11-16)17-12-8-5-9-13-17/h4-13,18H,3,14-15H2,1-2H3. The van der Waals surface area contributed by atoms with Crippen molar-refractivity contribution >= 4 is 11.6 Å². The molecule has 0 bridgehead atoms. The zero-order valence-corrected chi connectivity index (χ0v) is 13.1. The van der Waals surface area contributed by atoms with Crippen LogP contribution in [0.3, 0.4) is 0 Å². The number of halogens is 1. The molecule has 2 rings (SSSR count). The van der Waals surface area contributed by atoms with Gasteiger partial charge >= 0.3 is 0 Å². The van der Waals surface area contributed by atoms with E-state index in [-0.39, 0.29) is 4.87 Å². The van der Waals surface area contributed by atoms with E-state index in [4.69, 9.17) is 11.6 Å². The molecule has 20 heavy (non-hydrogen) atoms. The minimum atomic E-state index is -0.148. The fourth-order valence-corrected chi connectivity index (χ4v) is 3.19. The van der Waals surface area contributed by atoms with Gasteiger partial charge in [-0.3, -0.25) is 0 Å². The average molecular weight is 287 g/mol. The lowest BCUT2D eigenvalue weighted by Crippen LogP contribution is -2.20. The van der Waals surface area contributed by atoms with Crippen LogP contribution in [-0.4, -0.2) is 4.87 Å². The Morgan fingerprint density at radius 1 is 0.900 bits per heavy atom. The molecule has 0 nitrogen and oxygen atoms in total. The minimum Gasteiger partial charge on any atom is -0.120 e. The number of hydrogen-bond acceptors (Lipinski definition) is 0. The van der Waals surface area contributed by atoms with Crippen molar-refractivity contribution in [3.63, 3.8) is 0 Å². The number of hydrogen-bond donors (Lipinski definition) is 0. The summed E-state index contributed by atoms with van der Waals surface area (Å²) in [5.41, 5.74) is 2.70. The number of benzene rings is 2. The highest BCUT2D eigenvalue weighted by Crippen LogP contribution is 2.37. The third-order valence-electron chi connectivity index (χ3n) is 3.80. The number of rotatable bonds is 6. The Labute approximate surface area is 127 Å². The third kappa shape index (κ3) is 4.11. The van der Waals surface area contributed by atoms with Gasteiger partial charge in [0.1, 0.15) is 0 Å². The molecule has 0 amide bonds. The first-order chi connectivity index (χ1) is 9.62. The molecule has 1 heteroatoms. The van der Waals surface area contributed by atoms with E-state index in [9.17, 15) is 0 Å². The highest BCUT2D eigenvalue weighted by atomic mass is 35.5. The lowest BCUT2D eigenvalue weighted by Gasteiger charge is -2.28. The molecule has 1 unspecified atom stereocenters. The molecule has 0 aliphatic rings. The van der Waals surface area contributed by atoms with Crippen LogP contribution in [0.5, 0.6) is 0 Å². The average Bonchev–Trinajstić information content (AvgIpc) is 2.47. The zero-order valence-electron chi connectivity index (χ0n) is 12.4. The molecule has 106 valence electrons. The second-order valence-electron chi connectivity index (χ2n) is 5.74. The summed E-state index contributed by atoms with van der Waals surface area (Å²) in [6, 6.07) is 21.4. The molecule has 0 fully saturated rings. The largest absolute Gasteiger partial charge is 0.120 e. The van der Waals surface area contributed by atoms with Gasteiger partial charge in [0.2, 0.25) is 0 Å². The van der Waals surface area contributed by atoms with E-state index in [0.717, 1.165) is 19.3 Å². The van der Waals surface area contributed by atoms with Gasteiger partial charge in [-0.1, -0.05) is 74.0 Å². The van der Waals surface area contributed by atoms with E-state index in [1.54, 1.807) is 0 Å². The summed E-state index contributed by atoms with van der Waals surface area (Å²) >= 11 is 6.73. The molecular formula is C19H23Cl. The minimum absolute atomic E-state index is 0.148. The Bertz CT molecular complexity index is 462. The van der Waals surface area contributed by atoms with Crippen molar-refractivity contribution in [1.29, 1.82) is 0 Å². The molecule has 0 saturated heterocycles. The lowest BCUT2D eigenvalue weighted by molar-refractivity contribution is 0.495. The quantitative estimate of drug-likeness (QED) is 0.571. The number of alkyl halides is 1. The van der Waals surface area contributed by atoms with Gasteiger partial charge in [-0.25, -0.2) is 0 Å². The van der Waals surface area contributed by atoms with Crippen molar-refractivity contribution in [3.05, 3.63) is 71.8 Å². The molecule has 0 aromatic heterocycles. The Hall–Kier alpha value is -1.27. The van der Waals surface area contributed by atoms with Gasteiger partial charge in [0.05, 0.1) is 0 Å². The molecule has 0 radical (unpaired) electrons. The molecule has 2 aromatic rings. The Morgan fingerprint density at radius 2 is 1.35 bits per heavy atom. The topological polar surface area (TPSA) is 0 Å². The summed E-state index contributed by atoms with van der Waals surface area (Å²) in [4.78, 5) is -0.148. The second kappa shape index (κ2) is 6.95. The van der Waals surface area contributed by atoms with E-state index in [2.05, 4.69) is 74.5 Å². The maximum atomic E-state index is 6.73. The molecule has 0 aliphatic carbocycles. The SMILES string of the molecule is CCCC(C)(Cl)CC(c1ccccc1)c1ccccc1. The third-order valence-corrected chi connectivity index (χ3v) is 4.15. The van der Waals surface area contributed by atoms with Gasteiger partial charge in [-0.15, -0.1) is 11.6 Å². The van der Waals surface area contributed by atoms with Crippen LogP contribution in [0.1, 0.15) is 50.2 Å². The molecule has 2 aromatic carbocycles. The summed E-state index contributed by atoms with van der Waals surface area (Å²) in [5.74, 6) is 0.367. The fraction of sp³-hybridized carbons (Fsp3) is 0.368. The fourth-order valence-electron chi connectivity index (χ4n) is 2.85. The van der Waals surface area contributed by atoms with Crippen LogP contribution in [0, 0.1) is 0 Å². The molecule has 0 N–H and O–H groups in total. The van der Waals surface area contributed by atoms with Crippen molar-refractivity contribution in [3.8, 4) is 0 Å². The summed E-state index contributed by atoms with van der Waals surface area (Å²) < 4.78 is 0. The lowest BCUT2D eigenvalue weighted by atomic mass is 9.82. The van der Waals surface area contributed by atoms with Crippen LogP contribution >= 0.6 is 11.6 Å². The van der Waals surface area contributed by atoms with E-state index in [1.807, 2.05) is 0 Å². The molecule has 0 aliphatic heterocycles. The van der Waals surface area contributed by atoms with E-state index in [0.29, 0.717) is 5.92 Å². The van der Waals surface area contributed by atoms with Gasteiger partial charge < -0.3 is 0 Å². The van der Waals surface area contributed by atoms with Crippen LogP contribution in [-0.2, 0) is 0 Å². The summed E-state index contributed by atoms with van der Waals surface area (Å²) in [7, 11) is 0. The van der Waals surface area contributed by atoms with E-state index >= 15 is 0 Å². The smallest absolute Gasteiger partial charge is 0.0427 e. The Kier molecular flexibility index (Phi) is 5.25. The van der Waals surface area contributed by atoms with E-state index in [1.165, 1.54) is 11.1 Å². The molecule has 0 saturated carbocycles. The maximum absolute atomic E-state index is 6.73. The summed E-state index contributed by atoms with van der Waals surface area (Å²) in [6.07, 6.45) is 3.14. The maximum Gasteiger partial charge on any atom is 0.0427 e. The van der Waals surface area contributed by atoms with E-state index < -0.39 is 0 Å². The van der Waals surface area contributed by atoms with Gasteiger partial charge in [0.25, 0.3) is 0 Å². The first-order valence-corrected chi connectivity index (χ1v) is 7.79. The van der Waals surface area contributed by atoms with Crippen molar-refractivity contribution in [2.45, 2.75) is 43.9 Å². The highest BCUT2D eigenvalue weighted by molar-refractivity contribution is 6.23. The van der Waals surface area contributed by atoms with Crippen molar-refractivity contribution in [2.24, 2.45) is 0 Å². The first kappa shape index (κ1) is 15.1. The van der Waals surface area contributed by atoms with Crippen molar-refractivity contribution < 1.29 is 0 Å². The van der Waals surface area contributed by atoms with Crippen molar-refractivity contribution in [1.82, 2.24) is 0 Å². The first-order valence-electron chi connectivity index (χ1n) is 7.41. The molecule has 1 atom stereocenters. The highest BCUT2D eigenvalue weighted by Gasteiger charge is 2.26. The normalized spacial score (nSPS) is 14.2. The van der Waals surface area contributed by atoms with Crippen LogP contribution in [0.15, 0.2) is 60.7 Å².